The molecule has 0 saturated carbocycles. The molecular formula is C22H30N6. The van der Waals surface area contributed by atoms with Gasteiger partial charge in [-0.1, -0.05) is 26.3 Å². The number of nitrogens with one attached hydrogen (secondary N) is 2. The molecule has 1 saturated heterocycles. The van der Waals surface area contributed by atoms with Gasteiger partial charge in [0.25, 0.3) is 0 Å². The van der Waals surface area contributed by atoms with E-state index in [1.807, 2.05) is 25.1 Å². The molecule has 6 nitrogen and oxygen atoms in total. The van der Waals surface area contributed by atoms with Crippen molar-refractivity contribution in [1.82, 2.24) is 15.3 Å². The molecule has 0 amide bonds. The molecular weight excluding hydrogens is 348 g/mol. The summed E-state index contributed by atoms with van der Waals surface area (Å²) in [5, 5.41) is 16.1. The number of hydrogen-bond acceptors (Lipinski definition) is 6. The molecule has 28 heavy (non-hydrogen) atoms. The van der Waals surface area contributed by atoms with E-state index in [9.17, 15) is 5.26 Å². The van der Waals surface area contributed by atoms with Crippen LogP contribution in [-0.2, 0) is 6.42 Å². The van der Waals surface area contributed by atoms with Gasteiger partial charge in [0.2, 0.25) is 5.95 Å². The van der Waals surface area contributed by atoms with Crippen LogP contribution < -0.4 is 15.5 Å². The highest BCUT2D eigenvalue weighted by molar-refractivity contribution is 5.59. The van der Waals surface area contributed by atoms with Gasteiger partial charge in [-0.15, -0.1) is 0 Å². The van der Waals surface area contributed by atoms with Gasteiger partial charge in [-0.05, 0) is 50.4 Å². The number of nitriles is 1. The maximum absolute atomic E-state index is 9.28. The lowest BCUT2D eigenvalue weighted by molar-refractivity contribution is 0.571. The van der Waals surface area contributed by atoms with E-state index in [4.69, 9.17) is 9.97 Å². The van der Waals surface area contributed by atoms with Crippen molar-refractivity contribution >= 4 is 17.5 Å². The Bertz CT molecular complexity index is 841. The van der Waals surface area contributed by atoms with E-state index in [1.54, 1.807) is 0 Å². The fraction of sp³-hybridized carbons (Fsp3) is 0.500. The van der Waals surface area contributed by atoms with Crippen LogP contribution in [-0.4, -0.2) is 35.6 Å². The summed E-state index contributed by atoms with van der Waals surface area (Å²) in [5.41, 5.74) is 3.54. The first-order valence-electron chi connectivity index (χ1n) is 10.3. The maximum atomic E-state index is 9.28. The Morgan fingerprint density at radius 3 is 2.86 bits per heavy atom. The molecule has 148 valence electrons. The van der Waals surface area contributed by atoms with Gasteiger partial charge in [-0.3, -0.25) is 0 Å². The summed E-state index contributed by atoms with van der Waals surface area (Å²) in [4.78, 5) is 11.8. The maximum Gasteiger partial charge on any atom is 0.229 e. The van der Waals surface area contributed by atoms with Gasteiger partial charge in [0.05, 0.1) is 11.6 Å². The minimum absolute atomic E-state index is 0.519. The zero-order valence-corrected chi connectivity index (χ0v) is 17.1. The average Bonchev–Trinajstić information content (AvgIpc) is 3.17. The van der Waals surface area contributed by atoms with Crippen LogP contribution in [0.15, 0.2) is 24.3 Å². The smallest absolute Gasteiger partial charge is 0.229 e. The molecule has 1 aliphatic rings. The molecule has 1 aliphatic heterocycles. The third-order valence-electron chi connectivity index (χ3n) is 5.17. The molecule has 0 radical (unpaired) electrons. The Hall–Kier alpha value is -2.65. The van der Waals surface area contributed by atoms with Crippen LogP contribution in [0.3, 0.4) is 0 Å². The number of nitrogens with zero attached hydrogens (tertiary/aromatic N) is 4. The molecule has 1 aromatic heterocycles. The van der Waals surface area contributed by atoms with Crippen molar-refractivity contribution in [2.24, 2.45) is 0 Å². The SMILES string of the molecule is CCCCc1cc(N2CC[C@H](NCC)C2)nc(Nc2ccc(C)c(C#N)c2)n1. The number of anilines is 3. The highest BCUT2D eigenvalue weighted by Crippen LogP contribution is 2.24. The van der Waals surface area contributed by atoms with E-state index in [2.05, 4.69) is 41.5 Å². The number of rotatable bonds is 8. The van der Waals surface area contributed by atoms with Crippen LogP contribution in [0, 0.1) is 18.3 Å². The van der Waals surface area contributed by atoms with E-state index < -0.39 is 0 Å². The van der Waals surface area contributed by atoms with E-state index in [-0.39, 0.29) is 0 Å². The summed E-state index contributed by atoms with van der Waals surface area (Å²) in [7, 11) is 0. The molecule has 0 aliphatic carbocycles. The number of unbranched alkanes of at least 4 members (excludes halogenated alkanes) is 1. The van der Waals surface area contributed by atoms with Crippen LogP contribution >= 0.6 is 0 Å². The molecule has 3 rings (SSSR count). The molecule has 2 aromatic rings. The first kappa shape index (κ1) is 20.1. The van der Waals surface area contributed by atoms with Crippen molar-refractivity contribution in [2.45, 2.75) is 52.5 Å². The van der Waals surface area contributed by atoms with Crippen LogP contribution in [0.2, 0.25) is 0 Å². The van der Waals surface area contributed by atoms with Gasteiger partial charge in [0.1, 0.15) is 5.82 Å². The molecule has 1 atom stereocenters. The summed E-state index contributed by atoms with van der Waals surface area (Å²) in [6.45, 7) is 9.25. The van der Waals surface area contributed by atoms with Gasteiger partial charge in [-0.2, -0.15) is 10.2 Å². The quantitative estimate of drug-likeness (QED) is 0.725. The first-order chi connectivity index (χ1) is 13.6. The topological polar surface area (TPSA) is 76.9 Å². The Labute approximate surface area is 168 Å². The molecule has 6 heteroatoms. The standard InChI is InChI=1S/C22H30N6/c1-4-6-7-18-13-21(28-11-10-20(15-28)24-5-2)27-22(25-18)26-19-9-8-16(3)17(12-19)14-23/h8-9,12-13,20,24H,4-7,10-11,15H2,1-3H3,(H,25,26,27)/t20-/m0/s1. The Kier molecular flexibility index (Phi) is 6.83. The normalized spacial score (nSPS) is 16.2. The lowest BCUT2D eigenvalue weighted by atomic mass is 10.1. The highest BCUT2D eigenvalue weighted by Gasteiger charge is 2.23. The zero-order chi connectivity index (χ0) is 19.9. The predicted molar refractivity (Wildman–Crippen MR) is 114 cm³/mol. The van der Waals surface area contributed by atoms with E-state index >= 15 is 0 Å². The van der Waals surface area contributed by atoms with E-state index in [0.717, 1.165) is 68.1 Å². The first-order valence-corrected chi connectivity index (χ1v) is 10.3. The molecule has 0 unspecified atom stereocenters. The van der Waals surface area contributed by atoms with Gasteiger partial charge in [-0.25, -0.2) is 4.98 Å². The molecule has 1 aromatic carbocycles. The number of aryl methyl sites for hydroxylation is 2. The summed E-state index contributed by atoms with van der Waals surface area (Å²) < 4.78 is 0. The van der Waals surface area contributed by atoms with Crippen LogP contribution in [0.4, 0.5) is 17.5 Å². The Balaban J connectivity index is 1.84. The third kappa shape index (κ3) is 4.99. The molecule has 1 fully saturated rings. The lowest BCUT2D eigenvalue weighted by Crippen LogP contribution is -2.32. The lowest BCUT2D eigenvalue weighted by Gasteiger charge is -2.19. The number of likely N-dealkylation sites (N-methyl/N-ethyl adjacent to an activating group) is 1. The van der Waals surface area contributed by atoms with Gasteiger partial charge in [0, 0.05) is 36.6 Å². The summed E-state index contributed by atoms with van der Waals surface area (Å²) in [6.07, 6.45) is 4.33. The van der Waals surface area contributed by atoms with E-state index in [0.29, 0.717) is 17.6 Å². The van der Waals surface area contributed by atoms with Gasteiger partial charge >= 0.3 is 0 Å². The summed E-state index contributed by atoms with van der Waals surface area (Å²) >= 11 is 0. The fourth-order valence-electron chi connectivity index (χ4n) is 3.56. The van der Waals surface area contributed by atoms with Gasteiger partial charge in [0.15, 0.2) is 0 Å². The third-order valence-corrected chi connectivity index (χ3v) is 5.17. The van der Waals surface area contributed by atoms with Crippen LogP contribution in [0.1, 0.15) is 49.9 Å². The monoisotopic (exact) mass is 378 g/mol. The van der Waals surface area contributed by atoms with Crippen molar-refractivity contribution < 1.29 is 0 Å². The fourth-order valence-corrected chi connectivity index (χ4v) is 3.56. The molecule has 2 N–H and O–H groups in total. The summed E-state index contributed by atoms with van der Waals surface area (Å²) in [5.74, 6) is 1.58. The molecule has 0 spiro atoms. The molecule has 2 heterocycles. The minimum Gasteiger partial charge on any atom is -0.355 e. The van der Waals surface area contributed by atoms with Crippen molar-refractivity contribution in [3.05, 3.63) is 41.1 Å². The van der Waals surface area contributed by atoms with Crippen LogP contribution in [0.5, 0.6) is 0 Å². The van der Waals surface area contributed by atoms with E-state index in [1.165, 1.54) is 0 Å². The average molecular weight is 379 g/mol. The Morgan fingerprint density at radius 1 is 1.25 bits per heavy atom. The Morgan fingerprint density at radius 2 is 2.11 bits per heavy atom. The second-order valence-electron chi connectivity index (χ2n) is 7.40. The van der Waals surface area contributed by atoms with Crippen molar-refractivity contribution in [2.75, 3.05) is 29.9 Å². The van der Waals surface area contributed by atoms with Crippen molar-refractivity contribution in [3.8, 4) is 6.07 Å². The second kappa shape index (κ2) is 9.52. The van der Waals surface area contributed by atoms with Crippen LogP contribution in [0.25, 0.3) is 0 Å². The number of aromatic nitrogens is 2. The largest absolute Gasteiger partial charge is 0.355 e. The number of hydrogen-bond donors (Lipinski definition) is 2. The van der Waals surface area contributed by atoms with Crippen molar-refractivity contribution in [1.29, 1.82) is 5.26 Å². The molecule has 0 bridgehead atoms. The highest BCUT2D eigenvalue weighted by atomic mass is 15.3. The number of benzene rings is 1. The summed E-state index contributed by atoms with van der Waals surface area (Å²) in [6, 6.07) is 10.7. The second-order valence-corrected chi connectivity index (χ2v) is 7.40. The zero-order valence-electron chi connectivity index (χ0n) is 17.1. The van der Waals surface area contributed by atoms with Gasteiger partial charge < -0.3 is 15.5 Å². The van der Waals surface area contributed by atoms with Crippen molar-refractivity contribution in [3.63, 3.8) is 0 Å². The predicted octanol–water partition coefficient (Wildman–Crippen LogP) is 3.93. The minimum atomic E-state index is 0.519.